The highest BCUT2D eigenvalue weighted by Crippen LogP contribution is 2.23. The van der Waals surface area contributed by atoms with Crippen molar-refractivity contribution in [1.29, 1.82) is 0 Å². The number of esters is 1. The molecule has 0 aliphatic heterocycles. The van der Waals surface area contributed by atoms with Crippen LogP contribution in [0.1, 0.15) is 61.6 Å². The average Bonchev–Trinajstić information content (AvgIpc) is 2.96. The molecule has 142 valence electrons. The van der Waals surface area contributed by atoms with Crippen LogP contribution in [0.5, 0.6) is 0 Å². The summed E-state index contributed by atoms with van der Waals surface area (Å²) in [6, 6.07) is 12.0. The summed E-state index contributed by atoms with van der Waals surface area (Å²) in [6.45, 7) is 2.96. The van der Waals surface area contributed by atoms with Crippen LogP contribution in [0.3, 0.4) is 0 Å². The molecule has 1 heterocycles. The zero-order valence-electron chi connectivity index (χ0n) is 15.3. The largest absolute Gasteiger partial charge is 0.462 e. The minimum Gasteiger partial charge on any atom is -0.462 e. The molecule has 0 atom stereocenters. The van der Waals surface area contributed by atoms with Crippen molar-refractivity contribution in [2.75, 3.05) is 6.61 Å². The van der Waals surface area contributed by atoms with Gasteiger partial charge in [0.05, 0.1) is 18.7 Å². The van der Waals surface area contributed by atoms with Crippen LogP contribution in [-0.2, 0) is 11.3 Å². The Bertz CT molecular complexity index is 673. The van der Waals surface area contributed by atoms with E-state index in [2.05, 4.69) is 5.32 Å². The first-order chi connectivity index (χ1) is 12.3. The minimum atomic E-state index is -0.290. The maximum Gasteiger partial charge on any atom is 0.338 e. The van der Waals surface area contributed by atoms with Gasteiger partial charge in [-0.15, -0.1) is 12.4 Å². The molecule has 0 radical (unpaired) electrons. The highest BCUT2D eigenvalue weighted by Gasteiger charge is 2.13. The first-order valence-corrected chi connectivity index (χ1v) is 9.36. The highest BCUT2D eigenvalue weighted by atomic mass is 35.5. The fourth-order valence-corrected chi connectivity index (χ4v) is 3.34. The fraction of sp³-hybridized carbons (Fsp3) is 0.476. The van der Waals surface area contributed by atoms with Crippen LogP contribution in [0.4, 0.5) is 0 Å². The molecule has 5 heteroatoms. The van der Waals surface area contributed by atoms with Crippen molar-refractivity contribution >= 4 is 18.4 Å². The van der Waals surface area contributed by atoms with Gasteiger partial charge in [-0.1, -0.05) is 37.8 Å². The summed E-state index contributed by atoms with van der Waals surface area (Å²) in [7, 11) is 0. The predicted molar refractivity (Wildman–Crippen MR) is 106 cm³/mol. The molecule has 0 spiro atoms. The molecule has 0 amide bonds. The Morgan fingerprint density at radius 2 is 1.77 bits per heavy atom. The number of carbonyl (C=O) groups excluding carboxylic acids is 1. The van der Waals surface area contributed by atoms with Crippen LogP contribution < -0.4 is 5.32 Å². The van der Waals surface area contributed by atoms with Crippen molar-refractivity contribution in [3.8, 4) is 11.3 Å². The lowest BCUT2D eigenvalue weighted by Crippen LogP contribution is -2.27. The Balaban J connectivity index is 0.00000243. The topological polar surface area (TPSA) is 51.5 Å². The van der Waals surface area contributed by atoms with E-state index in [1.807, 2.05) is 24.3 Å². The van der Waals surface area contributed by atoms with E-state index in [4.69, 9.17) is 9.15 Å². The number of carbonyl (C=O) groups is 1. The first-order valence-electron chi connectivity index (χ1n) is 9.36. The van der Waals surface area contributed by atoms with Crippen molar-refractivity contribution in [1.82, 2.24) is 5.32 Å². The zero-order valence-corrected chi connectivity index (χ0v) is 16.1. The predicted octanol–water partition coefficient (Wildman–Crippen LogP) is 5.36. The van der Waals surface area contributed by atoms with Gasteiger partial charge in [-0.05, 0) is 44.0 Å². The molecular formula is C21H28ClNO3. The van der Waals surface area contributed by atoms with Crippen molar-refractivity contribution in [2.24, 2.45) is 0 Å². The zero-order chi connectivity index (χ0) is 17.5. The molecule has 1 aliphatic carbocycles. The van der Waals surface area contributed by atoms with Crippen LogP contribution in [-0.4, -0.2) is 18.6 Å². The lowest BCUT2D eigenvalue weighted by molar-refractivity contribution is 0.0526. The van der Waals surface area contributed by atoms with Crippen LogP contribution >= 0.6 is 12.4 Å². The van der Waals surface area contributed by atoms with E-state index < -0.39 is 0 Å². The molecule has 1 aromatic carbocycles. The number of furan rings is 1. The van der Waals surface area contributed by atoms with E-state index in [1.54, 1.807) is 19.1 Å². The van der Waals surface area contributed by atoms with Crippen LogP contribution in [0, 0.1) is 0 Å². The molecule has 4 nitrogen and oxygen atoms in total. The molecule has 1 fully saturated rings. The fourth-order valence-electron chi connectivity index (χ4n) is 3.34. The third-order valence-corrected chi connectivity index (χ3v) is 4.76. The number of ether oxygens (including phenoxy) is 1. The summed E-state index contributed by atoms with van der Waals surface area (Å²) >= 11 is 0. The maximum atomic E-state index is 11.7. The molecule has 26 heavy (non-hydrogen) atoms. The summed E-state index contributed by atoms with van der Waals surface area (Å²) in [4.78, 5) is 11.7. The molecule has 0 saturated heterocycles. The smallest absolute Gasteiger partial charge is 0.338 e. The number of hydrogen-bond acceptors (Lipinski definition) is 4. The molecule has 2 aromatic rings. The number of benzene rings is 1. The normalized spacial score (nSPS) is 15.1. The second kappa shape index (κ2) is 10.4. The Kier molecular flexibility index (Phi) is 8.20. The van der Waals surface area contributed by atoms with Gasteiger partial charge in [0.25, 0.3) is 0 Å². The summed E-state index contributed by atoms with van der Waals surface area (Å²) in [6.07, 6.45) is 7.92. The average molecular weight is 378 g/mol. The van der Waals surface area contributed by atoms with Gasteiger partial charge in [-0.3, -0.25) is 0 Å². The van der Waals surface area contributed by atoms with Crippen LogP contribution in [0.2, 0.25) is 0 Å². The first kappa shape index (κ1) is 20.5. The number of nitrogens with one attached hydrogen (secondary N) is 1. The molecule has 1 saturated carbocycles. The van der Waals surface area contributed by atoms with Crippen LogP contribution in [0.15, 0.2) is 40.8 Å². The Hall–Kier alpha value is -1.78. The van der Waals surface area contributed by atoms with Crippen molar-refractivity contribution in [2.45, 2.75) is 58.0 Å². The summed E-state index contributed by atoms with van der Waals surface area (Å²) in [5.41, 5.74) is 1.53. The summed E-state index contributed by atoms with van der Waals surface area (Å²) in [5.74, 6) is 1.49. The lowest BCUT2D eigenvalue weighted by Gasteiger charge is -2.14. The van der Waals surface area contributed by atoms with Crippen LogP contribution in [0.25, 0.3) is 11.3 Å². The third-order valence-electron chi connectivity index (χ3n) is 4.76. The van der Waals surface area contributed by atoms with E-state index in [0.717, 1.165) is 23.6 Å². The lowest BCUT2D eigenvalue weighted by atomic mass is 10.1. The summed E-state index contributed by atoms with van der Waals surface area (Å²) in [5, 5.41) is 3.63. The number of hydrogen-bond donors (Lipinski definition) is 1. The second-order valence-corrected chi connectivity index (χ2v) is 6.63. The quantitative estimate of drug-likeness (QED) is 0.544. The van der Waals surface area contributed by atoms with Crippen molar-refractivity contribution < 1.29 is 13.9 Å². The molecular weight excluding hydrogens is 350 g/mol. The van der Waals surface area contributed by atoms with Crippen molar-refractivity contribution in [3.63, 3.8) is 0 Å². The number of rotatable bonds is 6. The van der Waals surface area contributed by atoms with E-state index in [1.165, 1.54) is 38.5 Å². The van der Waals surface area contributed by atoms with Crippen molar-refractivity contribution in [3.05, 3.63) is 47.7 Å². The molecule has 0 bridgehead atoms. The minimum absolute atomic E-state index is 0. The van der Waals surface area contributed by atoms with Gasteiger partial charge in [0.15, 0.2) is 0 Å². The Morgan fingerprint density at radius 1 is 1.08 bits per heavy atom. The van der Waals surface area contributed by atoms with Gasteiger partial charge in [-0.2, -0.15) is 0 Å². The molecule has 0 unspecified atom stereocenters. The van der Waals surface area contributed by atoms with Gasteiger partial charge < -0.3 is 14.5 Å². The standard InChI is InChI=1S/C21H27NO3.ClH/c1-2-24-21(23)17-11-9-16(10-12-17)20-14-13-19(25-20)15-22-18-7-5-3-4-6-8-18;/h9-14,18,22H,2-8,15H2,1H3;1H. The van der Waals surface area contributed by atoms with Gasteiger partial charge in [0, 0.05) is 11.6 Å². The van der Waals surface area contributed by atoms with E-state index in [-0.39, 0.29) is 18.4 Å². The highest BCUT2D eigenvalue weighted by molar-refractivity contribution is 5.89. The molecule has 1 aromatic heterocycles. The van der Waals surface area contributed by atoms with E-state index in [9.17, 15) is 4.79 Å². The molecule has 1 aliphatic rings. The second-order valence-electron chi connectivity index (χ2n) is 6.63. The monoisotopic (exact) mass is 377 g/mol. The SMILES string of the molecule is CCOC(=O)c1ccc(-c2ccc(CNC3CCCCCC3)o2)cc1.Cl. The van der Waals surface area contributed by atoms with Gasteiger partial charge in [-0.25, -0.2) is 4.79 Å². The van der Waals surface area contributed by atoms with Gasteiger partial charge in [0.1, 0.15) is 11.5 Å². The molecule has 3 rings (SSSR count). The Morgan fingerprint density at radius 3 is 2.42 bits per heavy atom. The molecule has 1 N–H and O–H groups in total. The van der Waals surface area contributed by atoms with Gasteiger partial charge in [0.2, 0.25) is 0 Å². The number of halogens is 1. The van der Waals surface area contributed by atoms with E-state index >= 15 is 0 Å². The van der Waals surface area contributed by atoms with Gasteiger partial charge >= 0.3 is 5.97 Å². The van der Waals surface area contributed by atoms with E-state index in [0.29, 0.717) is 18.2 Å². The Labute approximate surface area is 161 Å². The maximum absolute atomic E-state index is 11.7. The third kappa shape index (κ3) is 5.61. The summed E-state index contributed by atoms with van der Waals surface area (Å²) < 4.78 is 11.0.